The standard InChI is InChI=1S/C25H31N5O2S/c1-17(2)27-15-19-7-10-22(28-16-19)32-12-6-11-29-24(33)30(23(31)25(29,4)5)21-9-8-20(14-26)18(3)13-21/h7-10,13,16-17,27H,6,11-12,15H2,1-5H3. The minimum absolute atomic E-state index is 0.0789. The van der Waals surface area contributed by atoms with Crippen LogP contribution in [0.2, 0.25) is 0 Å². The van der Waals surface area contributed by atoms with Crippen LogP contribution in [0.15, 0.2) is 36.5 Å². The van der Waals surface area contributed by atoms with Crippen LogP contribution >= 0.6 is 12.2 Å². The zero-order valence-electron chi connectivity index (χ0n) is 19.9. The highest BCUT2D eigenvalue weighted by atomic mass is 32.1. The number of anilines is 1. The minimum Gasteiger partial charge on any atom is -0.478 e. The summed E-state index contributed by atoms with van der Waals surface area (Å²) in [6.07, 6.45) is 2.51. The number of pyridine rings is 1. The van der Waals surface area contributed by atoms with Crippen LogP contribution in [-0.4, -0.2) is 45.6 Å². The fourth-order valence-corrected chi connectivity index (χ4v) is 4.18. The Morgan fingerprint density at radius 1 is 1.27 bits per heavy atom. The van der Waals surface area contributed by atoms with Gasteiger partial charge in [0.05, 0.1) is 23.9 Å². The molecule has 1 aromatic heterocycles. The van der Waals surface area contributed by atoms with Crippen molar-refractivity contribution >= 4 is 28.9 Å². The fraction of sp³-hybridized carbons (Fsp3) is 0.440. The third-order valence-electron chi connectivity index (χ3n) is 5.70. The summed E-state index contributed by atoms with van der Waals surface area (Å²) in [4.78, 5) is 21.1. The molecule has 1 fully saturated rings. The molecule has 2 aromatic rings. The normalized spacial score (nSPS) is 15.3. The number of hydrogen-bond donors (Lipinski definition) is 1. The van der Waals surface area contributed by atoms with Crippen LogP contribution in [-0.2, 0) is 11.3 Å². The second kappa shape index (κ2) is 10.3. The molecule has 1 aliphatic rings. The summed E-state index contributed by atoms with van der Waals surface area (Å²) >= 11 is 5.68. The molecule has 174 valence electrons. The van der Waals surface area contributed by atoms with E-state index in [9.17, 15) is 10.1 Å². The van der Waals surface area contributed by atoms with Crippen molar-refractivity contribution in [2.75, 3.05) is 18.1 Å². The molecule has 0 spiro atoms. The van der Waals surface area contributed by atoms with Crippen LogP contribution in [0, 0.1) is 18.3 Å². The second-order valence-electron chi connectivity index (χ2n) is 8.99. The molecule has 1 amide bonds. The van der Waals surface area contributed by atoms with Crippen LogP contribution < -0.4 is 15.0 Å². The average Bonchev–Trinajstić information content (AvgIpc) is 2.94. The zero-order chi connectivity index (χ0) is 24.2. The molecule has 0 atom stereocenters. The van der Waals surface area contributed by atoms with E-state index in [2.05, 4.69) is 30.2 Å². The number of aryl methyl sites for hydroxylation is 1. The van der Waals surface area contributed by atoms with Crippen molar-refractivity contribution in [3.05, 3.63) is 53.2 Å². The Balaban J connectivity index is 1.58. The van der Waals surface area contributed by atoms with Gasteiger partial charge < -0.3 is 15.0 Å². The molecule has 0 unspecified atom stereocenters. The summed E-state index contributed by atoms with van der Waals surface area (Å²) in [5.74, 6) is 0.502. The van der Waals surface area contributed by atoms with Crippen LogP contribution in [0.1, 0.15) is 50.8 Å². The van der Waals surface area contributed by atoms with Gasteiger partial charge in [-0.25, -0.2) is 4.98 Å². The van der Waals surface area contributed by atoms with Crippen molar-refractivity contribution in [1.29, 1.82) is 5.26 Å². The molecule has 0 bridgehead atoms. The van der Waals surface area contributed by atoms with Crippen molar-refractivity contribution in [3.63, 3.8) is 0 Å². The largest absolute Gasteiger partial charge is 0.478 e. The predicted molar refractivity (Wildman–Crippen MR) is 133 cm³/mol. The Kier molecular flexibility index (Phi) is 7.67. The molecule has 1 aromatic carbocycles. The summed E-state index contributed by atoms with van der Waals surface area (Å²) in [6, 6.07) is 11.8. The molecular formula is C25H31N5O2S. The van der Waals surface area contributed by atoms with Crippen LogP contribution in [0.3, 0.4) is 0 Å². The van der Waals surface area contributed by atoms with Crippen molar-refractivity contribution in [1.82, 2.24) is 15.2 Å². The van der Waals surface area contributed by atoms with Gasteiger partial charge in [0.1, 0.15) is 5.54 Å². The van der Waals surface area contributed by atoms with Crippen LogP contribution in [0.5, 0.6) is 5.88 Å². The molecule has 7 nitrogen and oxygen atoms in total. The van der Waals surface area contributed by atoms with Gasteiger partial charge in [0, 0.05) is 31.4 Å². The summed E-state index contributed by atoms with van der Waals surface area (Å²) in [7, 11) is 0. The number of benzene rings is 1. The molecule has 0 radical (unpaired) electrons. The van der Waals surface area contributed by atoms with E-state index in [0.29, 0.717) is 47.9 Å². The van der Waals surface area contributed by atoms with E-state index >= 15 is 0 Å². The summed E-state index contributed by atoms with van der Waals surface area (Å²) < 4.78 is 5.80. The third kappa shape index (κ3) is 5.49. The molecule has 8 heteroatoms. The van der Waals surface area contributed by atoms with Gasteiger partial charge in [-0.1, -0.05) is 19.9 Å². The van der Waals surface area contributed by atoms with Crippen LogP contribution in [0.4, 0.5) is 5.69 Å². The second-order valence-corrected chi connectivity index (χ2v) is 9.35. The lowest BCUT2D eigenvalue weighted by atomic mass is 10.0. The lowest BCUT2D eigenvalue weighted by Gasteiger charge is -2.29. The maximum absolute atomic E-state index is 13.2. The van der Waals surface area contributed by atoms with E-state index in [-0.39, 0.29) is 5.91 Å². The fourth-order valence-electron chi connectivity index (χ4n) is 3.67. The van der Waals surface area contributed by atoms with Gasteiger partial charge in [0.25, 0.3) is 5.91 Å². The topological polar surface area (TPSA) is 81.5 Å². The molecule has 2 heterocycles. The van der Waals surface area contributed by atoms with E-state index in [0.717, 1.165) is 17.7 Å². The van der Waals surface area contributed by atoms with Gasteiger partial charge in [-0.3, -0.25) is 9.69 Å². The number of nitrogens with one attached hydrogen (secondary N) is 1. The van der Waals surface area contributed by atoms with E-state index < -0.39 is 5.54 Å². The highest BCUT2D eigenvalue weighted by molar-refractivity contribution is 7.80. The maximum atomic E-state index is 13.2. The molecule has 3 rings (SSSR count). The number of aromatic nitrogens is 1. The van der Waals surface area contributed by atoms with Gasteiger partial charge in [-0.05, 0) is 68.7 Å². The number of nitrogens with zero attached hydrogens (tertiary/aromatic N) is 4. The average molecular weight is 466 g/mol. The molecular weight excluding hydrogens is 434 g/mol. The summed E-state index contributed by atoms with van der Waals surface area (Å²) in [5, 5.41) is 13.0. The number of carbonyl (C=O) groups excluding carboxylic acids is 1. The number of rotatable bonds is 9. The predicted octanol–water partition coefficient (Wildman–Crippen LogP) is 3.94. The van der Waals surface area contributed by atoms with E-state index in [4.69, 9.17) is 17.0 Å². The van der Waals surface area contributed by atoms with Crippen molar-refractivity contribution in [3.8, 4) is 11.9 Å². The number of ether oxygens (including phenoxy) is 1. The number of hydrogen-bond acceptors (Lipinski definition) is 6. The Hall–Kier alpha value is -3.02. The molecule has 1 N–H and O–H groups in total. The summed E-state index contributed by atoms with van der Waals surface area (Å²) in [5.41, 5.74) is 2.43. The maximum Gasteiger partial charge on any atom is 0.258 e. The molecule has 0 saturated carbocycles. The first-order valence-electron chi connectivity index (χ1n) is 11.1. The Morgan fingerprint density at radius 2 is 2.03 bits per heavy atom. The SMILES string of the molecule is Cc1cc(N2C(=O)C(C)(C)N(CCCOc3ccc(CNC(C)C)cn3)C2=S)ccc1C#N. The van der Waals surface area contributed by atoms with E-state index in [1.165, 1.54) is 0 Å². The van der Waals surface area contributed by atoms with Crippen molar-refractivity contribution in [2.24, 2.45) is 0 Å². The third-order valence-corrected chi connectivity index (χ3v) is 6.10. The summed E-state index contributed by atoms with van der Waals surface area (Å²) in [6.45, 7) is 11.7. The first-order chi connectivity index (χ1) is 15.6. The van der Waals surface area contributed by atoms with Gasteiger partial charge in [-0.15, -0.1) is 0 Å². The first kappa shape index (κ1) is 24.6. The smallest absolute Gasteiger partial charge is 0.258 e. The Morgan fingerprint density at radius 3 is 2.64 bits per heavy atom. The van der Waals surface area contributed by atoms with Crippen LogP contribution in [0.25, 0.3) is 0 Å². The van der Waals surface area contributed by atoms with Gasteiger partial charge in [-0.2, -0.15) is 5.26 Å². The number of thiocarbonyl (C=S) groups is 1. The minimum atomic E-state index is -0.762. The highest BCUT2D eigenvalue weighted by Crippen LogP contribution is 2.33. The number of nitriles is 1. The lowest BCUT2D eigenvalue weighted by molar-refractivity contribution is -0.123. The van der Waals surface area contributed by atoms with Crippen molar-refractivity contribution in [2.45, 2.75) is 59.2 Å². The highest BCUT2D eigenvalue weighted by Gasteiger charge is 2.49. The quantitative estimate of drug-likeness (QED) is 0.444. The van der Waals surface area contributed by atoms with Gasteiger partial charge in [0.15, 0.2) is 5.11 Å². The molecule has 1 saturated heterocycles. The monoisotopic (exact) mass is 465 g/mol. The molecule has 33 heavy (non-hydrogen) atoms. The van der Waals surface area contributed by atoms with Gasteiger partial charge >= 0.3 is 0 Å². The van der Waals surface area contributed by atoms with E-state index in [1.807, 2.05) is 50.1 Å². The zero-order valence-corrected chi connectivity index (χ0v) is 20.7. The first-order valence-corrected chi connectivity index (χ1v) is 11.5. The van der Waals surface area contributed by atoms with Crippen molar-refractivity contribution < 1.29 is 9.53 Å². The number of amides is 1. The van der Waals surface area contributed by atoms with Gasteiger partial charge in [0.2, 0.25) is 5.88 Å². The Bertz CT molecular complexity index is 1060. The van der Waals surface area contributed by atoms with E-state index in [1.54, 1.807) is 17.0 Å². The molecule has 0 aliphatic carbocycles. The number of carbonyl (C=O) groups is 1. The Labute approximate surface area is 201 Å². The molecule has 1 aliphatic heterocycles. The lowest BCUT2D eigenvalue weighted by Crippen LogP contribution is -2.44.